The highest BCUT2D eigenvalue weighted by Gasteiger charge is 2.04. The third-order valence-corrected chi connectivity index (χ3v) is 1.70. The number of carbonyl (C=O) groups is 1. The molecule has 1 aromatic rings. The molecule has 62 valence electrons. The van der Waals surface area contributed by atoms with Gasteiger partial charge in [-0.25, -0.2) is 4.79 Å². The molecule has 0 amide bonds. The van der Waals surface area contributed by atoms with Crippen molar-refractivity contribution in [1.82, 2.24) is 0 Å². The average Bonchev–Trinajstić information content (AvgIpc) is 2.53. The van der Waals surface area contributed by atoms with E-state index >= 15 is 0 Å². The number of hydrogen-bond donors (Lipinski definition) is 0. The predicted molar refractivity (Wildman–Crippen MR) is 45.1 cm³/mol. The molecule has 1 rings (SSSR count). The normalized spacial score (nSPS) is 8.58. The van der Waals surface area contributed by atoms with Gasteiger partial charge in [-0.1, -0.05) is 5.92 Å². The Hall–Kier alpha value is -1.47. The number of hydrogen-bond acceptors (Lipinski definition) is 4. The summed E-state index contributed by atoms with van der Waals surface area (Å²) in [6.45, 7) is -0.0653. The van der Waals surface area contributed by atoms with Crippen molar-refractivity contribution >= 4 is 17.5 Å². The molecule has 1 aromatic heterocycles. The third-order valence-electron chi connectivity index (χ3n) is 0.952. The van der Waals surface area contributed by atoms with Gasteiger partial charge < -0.3 is 9.47 Å². The second-order valence-corrected chi connectivity index (χ2v) is 2.69. The Morgan fingerprint density at radius 2 is 2.58 bits per heavy atom. The molecular weight excluding hydrogens is 176 g/mol. The molecule has 0 N–H and O–H groups in total. The highest BCUT2D eigenvalue weighted by Crippen LogP contribution is 2.18. The first-order valence-corrected chi connectivity index (χ1v) is 4.02. The summed E-state index contributed by atoms with van der Waals surface area (Å²) in [7, 11) is 0. The molecule has 0 spiro atoms. The van der Waals surface area contributed by atoms with Crippen LogP contribution in [-0.2, 0) is 4.74 Å². The van der Waals surface area contributed by atoms with Gasteiger partial charge in [0, 0.05) is 0 Å². The number of carbonyl (C=O) groups excluding carboxylic acids is 1. The van der Waals surface area contributed by atoms with Gasteiger partial charge in [0.15, 0.2) is 11.7 Å². The van der Waals surface area contributed by atoms with Crippen LogP contribution < -0.4 is 4.74 Å². The molecule has 12 heavy (non-hydrogen) atoms. The van der Waals surface area contributed by atoms with Crippen molar-refractivity contribution in [2.24, 2.45) is 0 Å². The van der Waals surface area contributed by atoms with Crippen molar-refractivity contribution in [2.45, 2.75) is 0 Å². The molecule has 0 aliphatic rings. The van der Waals surface area contributed by atoms with E-state index in [1.807, 2.05) is 0 Å². The highest BCUT2D eigenvalue weighted by atomic mass is 32.1. The fourth-order valence-electron chi connectivity index (χ4n) is 0.534. The minimum absolute atomic E-state index is 0.0653. The maximum atomic E-state index is 10.7. The smallest absolute Gasteiger partial charge is 0.421 e. The van der Waals surface area contributed by atoms with E-state index in [0.717, 1.165) is 0 Å². The summed E-state index contributed by atoms with van der Waals surface area (Å²) in [5, 5.41) is 2.29. The molecule has 0 fully saturated rings. The summed E-state index contributed by atoms with van der Waals surface area (Å²) in [6.07, 6.45) is 4.10. The van der Waals surface area contributed by atoms with Crippen LogP contribution in [0.25, 0.3) is 0 Å². The Morgan fingerprint density at radius 3 is 3.17 bits per heavy atom. The van der Waals surface area contributed by atoms with Gasteiger partial charge in [0.05, 0.1) is 0 Å². The summed E-state index contributed by atoms with van der Waals surface area (Å²) < 4.78 is 9.19. The molecular formula is C8H6O3S. The topological polar surface area (TPSA) is 35.5 Å². The molecule has 1 heterocycles. The lowest BCUT2D eigenvalue weighted by Gasteiger charge is -1.98. The van der Waals surface area contributed by atoms with E-state index in [1.54, 1.807) is 17.5 Å². The summed E-state index contributed by atoms with van der Waals surface area (Å²) >= 11 is 1.31. The first-order chi connectivity index (χ1) is 5.83. The Kier molecular flexibility index (Phi) is 3.17. The number of rotatable bonds is 2. The zero-order valence-electron chi connectivity index (χ0n) is 6.15. The number of thiophene rings is 1. The van der Waals surface area contributed by atoms with Crippen molar-refractivity contribution in [3.63, 3.8) is 0 Å². The first kappa shape index (κ1) is 8.62. The summed E-state index contributed by atoms with van der Waals surface area (Å²) in [4.78, 5) is 10.7. The van der Waals surface area contributed by atoms with Crippen LogP contribution in [-0.4, -0.2) is 12.8 Å². The molecule has 0 saturated heterocycles. The minimum Gasteiger partial charge on any atom is -0.421 e. The second-order valence-electron chi connectivity index (χ2n) is 1.78. The van der Waals surface area contributed by atoms with Crippen LogP contribution >= 0.6 is 11.3 Å². The van der Waals surface area contributed by atoms with Crippen LogP contribution in [0, 0.1) is 12.3 Å². The van der Waals surface area contributed by atoms with Crippen LogP contribution in [0.3, 0.4) is 0 Å². The van der Waals surface area contributed by atoms with Crippen LogP contribution in [0.15, 0.2) is 17.5 Å². The quantitative estimate of drug-likeness (QED) is 0.517. The van der Waals surface area contributed by atoms with E-state index in [2.05, 4.69) is 10.7 Å². The summed E-state index contributed by atoms with van der Waals surface area (Å²) in [5.74, 6) is 2.16. The van der Waals surface area contributed by atoms with Gasteiger partial charge >= 0.3 is 6.16 Å². The molecule has 0 aliphatic heterocycles. The number of ether oxygens (including phenoxy) is 2. The van der Waals surface area contributed by atoms with Gasteiger partial charge in [-0.3, -0.25) is 0 Å². The fourth-order valence-corrected chi connectivity index (χ4v) is 1.10. The Morgan fingerprint density at radius 1 is 1.75 bits per heavy atom. The SMILES string of the molecule is C#CCOC(=O)Oc1cccs1. The summed E-state index contributed by atoms with van der Waals surface area (Å²) in [5.41, 5.74) is 0. The predicted octanol–water partition coefficient (Wildman–Crippen LogP) is 1.90. The van der Waals surface area contributed by atoms with E-state index in [9.17, 15) is 4.79 Å². The van der Waals surface area contributed by atoms with Gasteiger partial charge in [-0.15, -0.1) is 17.8 Å². The molecule has 0 atom stereocenters. The van der Waals surface area contributed by atoms with Gasteiger partial charge in [-0.05, 0) is 17.5 Å². The molecule has 0 radical (unpaired) electrons. The second kappa shape index (κ2) is 4.42. The third kappa shape index (κ3) is 2.64. The molecule has 0 aromatic carbocycles. The summed E-state index contributed by atoms with van der Waals surface area (Å²) in [6, 6.07) is 3.44. The highest BCUT2D eigenvalue weighted by molar-refractivity contribution is 7.11. The van der Waals surface area contributed by atoms with Crippen LogP contribution in [0.1, 0.15) is 0 Å². The molecule has 0 aliphatic carbocycles. The van der Waals surface area contributed by atoms with Crippen LogP contribution in [0.4, 0.5) is 4.79 Å². The molecule has 4 heteroatoms. The van der Waals surface area contributed by atoms with Crippen LogP contribution in [0.2, 0.25) is 0 Å². The van der Waals surface area contributed by atoms with Crippen molar-refractivity contribution in [2.75, 3.05) is 6.61 Å². The van der Waals surface area contributed by atoms with E-state index in [4.69, 9.17) is 11.2 Å². The largest absolute Gasteiger partial charge is 0.515 e. The van der Waals surface area contributed by atoms with Gasteiger partial charge in [0.1, 0.15) is 0 Å². The zero-order valence-corrected chi connectivity index (χ0v) is 6.97. The monoisotopic (exact) mass is 182 g/mol. The van der Waals surface area contributed by atoms with Gasteiger partial charge in [-0.2, -0.15) is 0 Å². The number of terminal acetylenes is 1. The lowest BCUT2D eigenvalue weighted by Crippen LogP contribution is -2.09. The maximum Gasteiger partial charge on any atom is 0.515 e. The lowest BCUT2D eigenvalue weighted by atomic mass is 10.7. The van der Waals surface area contributed by atoms with Gasteiger partial charge in [0.25, 0.3) is 0 Å². The maximum absolute atomic E-state index is 10.7. The molecule has 0 bridgehead atoms. The van der Waals surface area contributed by atoms with Crippen molar-refractivity contribution in [3.8, 4) is 17.4 Å². The standard InChI is InChI=1S/C8H6O3S/c1-2-5-10-8(9)11-7-4-3-6-12-7/h1,3-4,6H,5H2. The Labute approximate surface area is 73.9 Å². The minimum atomic E-state index is -0.768. The Bertz CT molecular complexity index is 284. The van der Waals surface area contributed by atoms with E-state index in [-0.39, 0.29) is 6.61 Å². The first-order valence-electron chi connectivity index (χ1n) is 3.14. The molecule has 3 nitrogen and oxygen atoms in total. The fraction of sp³-hybridized carbons (Fsp3) is 0.125. The van der Waals surface area contributed by atoms with Crippen molar-refractivity contribution in [1.29, 1.82) is 0 Å². The van der Waals surface area contributed by atoms with Crippen molar-refractivity contribution in [3.05, 3.63) is 17.5 Å². The lowest BCUT2D eigenvalue weighted by molar-refractivity contribution is 0.112. The van der Waals surface area contributed by atoms with Gasteiger partial charge in [0.2, 0.25) is 0 Å². The molecule has 0 saturated carbocycles. The molecule has 0 unspecified atom stereocenters. The Balaban J connectivity index is 2.33. The van der Waals surface area contributed by atoms with Crippen LogP contribution in [0.5, 0.6) is 5.06 Å². The van der Waals surface area contributed by atoms with E-state index in [1.165, 1.54) is 11.3 Å². The zero-order chi connectivity index (χ0) is 8.81. The average molecular weight is 182 g/mol. The van der Waals surface area contributed by atoms with Crippen molar-refractivity contribution < 1.29 is 14.3 Å². The van der Waals surface area contributed by atoms with E-state index < -0.39 is 6.16 Å². The van der Waals surface area contributed by atoms with E-state index in [0.29, 0.717) is 5.06 Å².